The summed E-state index contributed by atoms with van der Waals surface area (Å²) in [5, 5.41) is 68.7. The van der Waals surface area contributed by atoms with Crippen LogP contribution in [0, 0.1) is 60.7 Å². The highest BCUT2D eigenvalue weighted by molar-refractivity contribution is 7.49. The second-order valence-electron chi connectivity index (χ2n) is 7.14. The Hall–Kier alpha value is -6.31. The molecule has 41 heavy (non-hydrogen) atoms. The van der Waals surface area contributed by atoms with Crippen LogP contribution in [0.2, 0.25) is 0 Å². The van der Waals surface area contributed by atoms with E-state index in [9.17, 15) is 65.3 Å². The molecule has 3 aromatic carbocycles. The van der Waals surface area contributed by atoms with Crippen LogP contribution in [0.1, 0.15) is 0 Å². The Bertz CT molecular complexity index is 1500. The first-order chi connectivity index (χ1) is 19.2. The minimum absolute atomic E-state index is 0.647. The molecule has 0 atom stereocenters. The Labute approximate surface area is 222 Å². The van der Waals surface area contributed by atoms with Gasteiger partial charge >= 0.3 is 41.9 Å². The van der Waals surface area contributed by atoms with Crippen molar-refractivity contribution in [2.75, 3.05) is 0 Å². The fourth-order valence-electron chi connectivity index (χ4n) is 3.16. The zero-order valence-electron chi connectivity index (χ0n) is 19.4. The summed E-state index contributed by atoms with van der Waals surface area (Å²) in [6.45, 7) is 0. The molecule has 0 spiro atoms. The largest absolute Gasteiger partial charge is 0.647 e. The molecule has 0 amide bonds. The van der Waals surface area contributed by atoms with E-state index in [2.05, 4.69) is 0 Å². The molecule has 212 valence electrons. The van der Waals surface area contributed by atoms with Gasteiger partial charge in [-0.1, -0.05) is 18.2 Å². The summed E-state index contributed by atoms with van der Waals surface area (Å²) in [7, 11) is -5.82. The number of rotatable bonds is 12. The number of hydrogen-bond donors (Lipinski definition) is 0. The third kappa shape index (κ3) is 6.06. The number of nitro groups is 6. The van der Waals surface area contributed by atoms with Crippen LogP contribution in [0.5, 0.6) is 17.2 Å². The van der Waals surface area contributed by atoms with Crippen LogP contribution in [-0.4, -0.2) is 29.5 Å². The van der Waals surface area contributed by atoms with Crippen molar-refractivity contribution < 1.29 is 47.7 Å². The molecule has 0 heterocycles. The number of para-hydroxylation sites is 3. The fourth-order valence-corrected chi connectivity index (χ4v) is 4.44. The van der Waals surface area contributed by atoms with Crippen molar-refractivity contribution in [2.45, 2.75) is 0 Å². The Morgan fingerprint density at radius 1 is 0.439 bits per heavy atom. The number of nitrogens with zero attached hydrogens (tertiary/aromatic N) is 6. The molecule has 0 radical (unpaired) electrons. The summed E-state index contributed by atoms with van der Waals surface area (Å²) in [6, 6.07) is 6.33. The number of phosphoric ester groups is 1. The zero-order chi connectivity index (χ0) is 30.6. The van der Waals surface area contributed by atoms with Crippen molar-refractivity contribution in [3.05, 3.63) is 115 Å². The fraction of sp³-hybridized carbons (Fsp3) is 0. The average Bonchev–Trinajstić information content (AvgIpc) is 2.87. The zero-order valence-corrected chi connectivity index (χ0v) is 20.3. The third-order valence-electron chi connectivity index (χ3n) is 4.70. The van der Waals surface area contributed by atoms with Gasteiger partial charge in [-0.05, 0) is 18.2 Å². The summed E-state index contributed by atoms with van der Waals surface area (Å²) in [5.74, 6) is -3.64. The predicted octanol–water partition coefficient (Wildman–Crippen LogP) is 4.78. The number of phosphoric acid groups is 1. The van der Waals surface area contributed by atoms with Crippen molar-refractivity contribution in [3.63, 3.8) is 0 Å². The molecule has 3 rings (SSSR count). The molecular weight excluding hydrogens is 587 g/mol. The van der Waals surface area contributed by atoms with E-state index in [4.69, 9.17) is 13.6 Å². The van der Waals surface area contributed by atoms with Crippen molar-refractivity contribution in [1.82, 2.24) is 0 Å². The molecule has 0 unspecified atom stereocenters. The molecule has 0 aliphatic heterocycles. The van der Waals surface area contributed by atoms with Crippen LogP contribution >= 0.6 is 7.82 Å². The first-order valence-electron chi connectivity index (χ1n) is 10.1. The van der Waals surface area contributed by atoms with E-state index >= 15 is 0 Å². The van der Waals surface area contributed by atoms with E-state index in [0.717, 1.165) is 18.2 Å². The molecule has 0 aliphatic rings. The van der Waals surface area contributed by atoms with E-state index in [0.29, 0.717) is 36.4 Å². The topological polar surface area (TPSA) is 304 Å². The molecule has 0 saturated heterocycles. The highest BCUT2D eigenvalue weighted by Crippen LogP contribution is 2.56. The van der Waals surface area contributed by atoms with Crippen molar-refractivity contribution in [3.8, 4) is 17.2 Å². The SMILES string of the molecule is O=[N+]([O-])c1cccc(OP(=O)(Oc2cccc([N+](=O)[O-])c2[N+](=O)[O-])Oc2cccc([N+](=O)[O-])c2[N+](=O)[O-])c1[N+](=O)[O-]. The lowest BCUT2D eigenvalue weighted by Gasteiger charge is -2.19. The van der Waals surface area contributed by atoms with Gasteiger partial charge in [0.25, 0.3) is 0 Å². The van der Waals surface area contributed by atoms with E-state index in [1.165, 1.54) is 0 Å². The normalized spacial score (nSPS) is 10.7. The predicted molar refractivity (Wildman–Crippen MR) is 129 cm³/mol. The summed E-state index contributed by atoms with van der Waals surface area (Å²) in [4.78, 5) is 61.0. The van der Waals surface area contributed by atoms with Gasteiger partial charge < -0.3 is 13.6 Å². The van der Waals surface area contributed by atoms with Gasteiger partial charge in [0.15, 0.2) is 0 Å². The molecule has 23 heteroatoms. The molecular formula is C18H9N6O16P. The van der Waals surface area contributed by atoms with Gasteiger partial charge in [-0.15, -0.1) is 0 Å². The average molecular weight is 596 g/mol. The first-order valence-corrected chi connectivity index (χ1v) is 11.6. The van der Waals surface area contributed by atoms with Gasteiger partial charge in [-0.3, -0.25) is 60.7 Å². The highest BCUT2D eigenvalue weighted by atomic mass is 31.2. The van der Waals surface area contributed by atoms with Gasteiger partial charge in [-0.2, -0.15) is 4.57 Å². The van der Waals surface area contributed by atoms with Gasteiger partial charge in [-0.25, -0.2) is 0 Å². The minimum Gasteiger partial charge on any atom is -0.378 e. The lowest BCUT2D eigenvalue weighted by Crippen LogP contribution is -2.11. The molecule has 22 nitrogen and oxygen atoms in total. The second kappa shape index (κ2) is 11.2. The first kappa shape index (κ1) is 29.2. The highest BCUT2D eigenvalue weighted by Gasteiger charge is 2.44. The molecule has 0 bridgehead atoms. The van der Waals surface area contributed by atoms with Crippen LogP contribution in [0.4, 0.5) is 34.1 Å². The van der Waals surface area contributed by atoms with Crippen molar-refractivity contribution in [1.29, 1.82) is 0 Å². The lowest BCUT2D eigenvalue weighted by molar-refractivity contribution is -0.423. The summed E-state index contributed by atoms with van der Waals surface area (Å²) in [5.41, 5.74) is -7.93. The van der Waals surface area contributed by atoms with Crippen molar-refractivity contribution in [2.24, 2.45) is 0 Å². The van der Waals surface area contributed by atoms with Gasteiger partial charge in [0.05, 0.1) is 29.5 Å². The number of nitro benzene ring substituents is 6. The molecule has 0 N–H and O–H groups in total. The Kier molecular flexibility index (Phi) is 7.99. The van der Waals surface area contributed by atoms with E-state index in [1.807, 2.05) is 0 Å². The molecule has 0 fully saturated rings. The van der Waals surface area contributed by atoms with Crippen LogP contribution in [0.3, 0.4) is 0 Å². The standard InChI is InChI=1S/C18H9N6O16P/c25-19(26)10-4-1-7-13(16(10)22(31)32)38-41(37,39-14-8-2-5-11(20(27)28)17(14)23(33)34)40-15-9-3-6-12(21(29)30)18(15)24(35)36/h1-9H. The van der Waals surface area contributed by atoms with Gasteiger partial charge in [0, 0.05) is 18.2 Å². The molecule has 3 aromatic rings. The Morgan fingerprint density at radius 3 is 0.878 bits per heavy atom. The van der Waals surface area contributed by atoms with E-state index in [1.54, 1.807) is 0 Å². The lowest BCUT2D eigenvalue weighted by atomic mass is 10.2. The smallest absolute Gasteiger partial charge is 0.378 e. The second-order valence-corrected chi connectivity index (χ2v) is 8.58. The van der Waals surface area contributed by atoms with Crippen LogP contribution in [-0.2, 0) is 4.57 Å². The summed E-state index contributed by atoms with van der Waals surface area (Å²) >= 11 is 0. The maximum absolute atomic E-state index is 13.8. The maximum Gasteiger partial charge on any atom is 0.647 e. The molecule has 0 saturated carbocycles. The number of benzene rings is 3. The van der Waals surface area contributed by atoms with Crippen molar-refractivity contribution >= 4 is 41.9 Å². The van der Waals surface area contributed by atoms with Gasteiger partial charge in [0.2, 0.25) is 17.2 Å². The van der Waals surface area contributed by atoms with E-state index in [-0.39, 0.29) is 0 Å². The van der Waals surface area contributed by atoms with Gasteiger partial charge in [0.1, 0.15) is 0 Å². The van der Waals surface area contributed by atoms with Crippen LogP contribution < -0.4 is 13.6 Å². The van der Waals surface area contributed by atoms with Crippen LogP contribution in [0.15, 0.2) is 54.6 Å². The minimum atomic E-state index is -5.82. The van der Waals surface area contributed by atoms with E-state index < -0.39 is 88.7 Å². The van der Waals surface area contributed by atoms with Crippen LogP contribution in [0.25, 0.3) is 0 Å². The quantitative estimate of drug-likeness (QED) is 0.154. The third-order valence-corrected chi connectivity index (χ3v) is 5.96. The molecule has 0 aliphatic carbocycles. The number of hydrogen-bond acceptors (Lipinski definition) is 16. The molecule has 0 aromatic heterocycles. The summed E-state index contributed by atoms with van der Waals surface area (Å²) in [6.07, 6.45) is 0. The monoisotopic (exact) mass is 596 g/mol. The maximum atomic E-state index is 13.8. The Morgan fingerprint density at radius 2 is 0.683 bits per heavy atom. The summed E-state index contributed by atoms with van der Waals surface area (Å²) < 4.78 is 28.7. The Balaban J connectivity index is 2.30.